The van der Waals surface area contributed by atoms with Crippen LogP contribution in [0.15, 0.2) is 35.5 Å². The van der Waals surface area contributed by atoms with Crippen molar-refractivity contribution in [1.29, 1.82) is 5.26 Å². The predicted molar refractivity (Wildman–Crippen MR) is 106 cm³/mol. The summed E-state index contributed by atoms with van der Waals surface area (Å²) in [4.78, 5) is 12.7. The molecule has 3 rings (SSSR count). The third-order valence-electron chi connectivity index (χ3n) is 5.00. The van der Waals surface area contributed by atoms with Gasteiger partial charge in [0.05, 0.1) is 11.3 Å². The fourth-order valence-corrected chi connectivity index (χ4v) is 4.34. The molecule has 1 aliphatic carbocycles. The van der Waals surface area contributed by atoms with Gasteiger partial charge in [-0.2, -0.15) is 5.26 Å². The average molecular weight is 384 g/mol. The zero-order chi connectivity index (χ0) is 19.3. The Balaban J connectivity index is 1.72. The third kappa shape index (κ3) is 4.33. The summed E-state index contributed by atoms with van der Waals surface area (Å²) in [5, 5.41) is 21.6. The van der Waals surface area contributed by atoms with E-state index in [1.165, 1.54) is 11.8 Å². The van der Waals surface area contributed by atoms with Gasteiger partial charge in [-0.25, -0.2) is 0 Å². The molecule has 1 aromatic carbocycles. The minimum absolute atomic E-state index is 0.115. The number of thioether (sulfide) groups is 1. The molecule has 1 aromatic heterocycles. The van der Waals surface area contributed by atoms with Crippen molar-refractivity contribution >= 4 is 17.7 Å². The molecule has 7 heteroatoms. The highest BCUT2D eigenvalue weighted by atomic mass is 32.2. The van der Waals surface area contributed by atoms with E-state index < -0.39 is 5.54 Å². The van der Waals surface area contributed by atoms with Gasteiger partial charge in [0.25, 0.3) is 0 Å². The van der Waals surface area contributed by atoms with Gasteiger partial charge < -0.3 is 9.88 Å². The first-order valence-corrected chi connectivity index (χ1v) is 10.3. The lowest BCUT2D eigenvalue weighted by molar-refractivity contribution is -0.121. The summed E-state index contributed by atoms with van der Waals surface area (Å²) in [5.41, 5.74) is 0.291. The molecule has 1 aliphatic rings. The van der Waals surface area contributed by atoms with Crippen molar-refractivity contribution in [3.63, 3.8) is 0 Å². The third-order valence-corrected chi connectivity index (χ3v) is 6.08. The first kappa shape index (κ1) is 19.4. The van der Waals surface area contributed by atoms with Crippen LogP contribution < -0.4 is 5.32 Å². The quantitative estimate of drug-likeness (QED) is 0.767. The summed E-state index contributed by atoms with van der Waals surface area (Å²) in [6, 6.07) is 12.2. The van der Waals surface area contributed by atoms with Crippen molar-refractivity contribution in [1.82, 2.24) is 20.1 Å². The van der Waals surface area contributed by atoms with Crippen LogP contribution in [0.5, 0.6) is 0 Å². The Bertz CT molecular complexity index is 821. The van der Waals surface area contributed by atoms with E-state index in [9.17, 15) is 10.1 Å². The van der Waals surface area contributed by atoms with Crippen LogP contribution in [-0.4, -0.2) is 31.5 Å². The van der Waals surface area contributed by atoms with Gasteiger partial charge in [-0.1, -0.05) is 61.4 Å². The highest BCUT2D eigenvalue weighted by Crippen LogP contribution is 2.30. The van der Waals surface area contributed by atoms with Crippen molar-refractivity contribution < 1.29 is 4.79 Å². The van der Waals surface area contributed by atoms with Gasteiger partial charge in [-0.3, -0.25) is 4.79 Å². The number of benzene rings is 1. The Morgan fingerprint density at radius 2 is 2.00 bits per heavy atom. The average Bonchev–Trinajstić information content (AvgIpc) is 3.11. The number of nitrogens with one attached hydrogen (secondary N) is 1. The van der Waals surface area contributed by atoms with Crippen LogP contribution in [0.25, 0.3) is 11.4 Å². The van der Waals surface area contributed by atoms with Crippen LogP contribution in [0, 0.1) is 11.3 Å². The van der Waals surface area contributed by atoms with Crippen LogP contribution >= 0.6 is 11.8 Å². The standard InChI is InChI=1S/C20H25N5OS/c1-3-25-17(16-10-6-4-7-11-16)23-24-19(25)27-15(2)18(26)22-20(14-21)12-8-5-9-13-20/h4,6-7,10-11,15H,3,5,8-9,12-13H2,1-2H3,(H,22,26)/t15-/m0/s1. The smallest absolute Gasteiger partial charge is 0.234 e. The van der Waals surface area contributed by atoms with Crippen molar-refractivity contribution in [2.24, 2.45) is 0 Å². The normalized spacial score (nSPS) is 17.1. The first-order valence-electron chi connectivity index (χ1n) is 9.47. The molecule has 1 heterocycles. The second-order valence-electron chi connectivity index (χ2n) is 6.92. The topological polar surface area (TPSA) is 83.6 Å². The maximum absolute atomic E-state index is 12.7. The van der Waals surface area contributed by atoms with Crippen molar-refractivity contribution in [2.45, 2.75) is 68.4 Å². The summed E-state index contributed by atoms with van der Waals surface area (Å²) >= 11 is 1.38. The highest BCUT2D eigenvalue weighted by Gasteiger charge is 2.35. The maximum Gasteiger partial charge on any atom is 0.234 e. The number of rotatable bonds is 6. The van der Waals surface area contributed by atoms with E-state index >= 15 is 0 Å². The summed E-state index contributed by atoms with van der Waals surface area (Å²) in [6.45, 7) is 4.61. The molecule has 1 N–H and O–H groups in total. The first-order chi connectivity index (χ1) is 13.1. The van der Waals surface area contributed by atoms with E-state index in [1.807, 2.05) is 48.7 Å². The van der Waals surface area contributed by atoms with Gasteiger partial charge in [0.2, 0.25) is 5.91 Å². The van der Waals surface area contributed by atoms with E-state index in [0.29, 0.717) is 5.16 Å². The SMILES string of the molecule is CCn1c(S[C@@H](C)C(=O)NC2(C#N)CCCCC2)nnc1-c1ccccc1. The number of amides is 1. The molecule has 2 aromatic rings. The molecule has 0 spiro atoms. The Morgan fingerprint density at radius 1 is 1.30 bits per heavy atom. The van der Waals surface area contributed by atoms with E-state index in [0.717, 1.165) is 50.0 Å². The molecule has 0 bridgehead atoms. The second kappa shape index (κ2) is 8.57. The minimum Gasteiger partial charge on any atom is -0.337 e. The second-order valence-corrected chi connectivity index (χ2v) is 8.23. The van der Waals surface area contributed by atoms with Crippen LogP contribution in [0.1, 0.15) is 46.0 Å². The number of carbonyl (C=O) groups is 1. The van der Waals surface area contributed by atoms with Crippen molar-refractivity contribution in [3.8, 4) is 17.5 Å². The largest absolute Gasteiger partial charge is 0.337 e. The summed E-state index contributed by atoms with van der Waals surface area (Å²) in [7, 11) is 0. The molecule has 0 aliphatic heterocycles. The molecule has 1 amide bonds. The van der Waals surface area contributed by atoms with Crippen LogP contribution in [0.4, 0.5) is 0 Å². The van der Waals surface area contributed by atoms with Gasteiger partial charge in [-0.05, 0) is 26.7 Å². The molecule has 142 valence electrons. The zero-order valence-corrected chi connectivity index (χ0v) is 16.6. The van der Waals surface area contributed by atoms with E-state index in [1.54, 1.807) is 0 Å². The van der Waals surface area contributed by atoms with Crippen LogP contribution in [0.2, 0.25) is 0 Å². The number of nitrogens with zero attached hydrogens (tertiary/aromatic N) is 4. The minimum atomic E-state index is -0.711. The molecule has 0 unspecified atom stereocenters. The summed E-state index contributed by atoms with van der Waals surface area (Å²) < 4.78 is 2.02. The Hall–Kier alpha value is -2.33. The van der Waals surface area contributed by atoms with Gasteiger partial charge in [-0.15, -0.1) is 10.2 Å². The van der Waals surface area contributed by atoms with E-state index in [-0.39, 0.29) is 11.2 Å². The summed E-state index contributed by atoms with van der Waals surface area (Å²) in [5.74, 6) is 0.685. The molecule has 27 heavy (non-hydrogen) atoms. The number of hydrogen-bond donors (Lipinski definition) is 1. The lowest BCUT2D eigenvalue weighted by Gasteiger charge is -2.32. The molecular weight excluding hydrogens is 358 g/mol. The molecule has 1 atom stereocenters. The molecule has 1 fully saturated rings. The highest BCUT2D eigenvalue weighted by molar-refractivity contribution is 8.00. The van der Waals surface area contributed by atoms with Gasteiger partial charge in [0, 0.05) is 12.1 Å². The van der Waals surface area contributed by atoms with E-state index in [2.05, 4.69) is 21.6 Å². The van der Waals surface area contributed by atoms with Gasteiger partial charge >= 0.3 is 0 Å². The van der Waals surface area contributed by atoms with Crippen LogP contribution in [0.3, 0.4) is 0 Å². The monoisotopic (exact) mass is 383 g/mol. The molecule has 6 nitrogen and oxygen atoms in total. The van der Waals surface area contributed by atoms with Crippen molar-refractivity contribution in [3.05, 3.63) is 30.3 Å². The van der Waals surface area contributed by atoms with Gasteiger partial charge in [0.15, 0.2) is 11.0 Å². The molecule has 0 saturated heterocycles. The van der Waals surface area contributed by atoms with E-state index in [4.69, 9.17) is 0 Å². The fraction of sp³-hybridized carbons (Fsp3) is 0.500. The lowest BCUT2D eigenvalue weighted by atomic mass is 9.83. The fourth-order valence-electron chi connectivity index (χ4n) is 3.43. The summed E-state index contributed by atoms with van der Waals surface area (Å²) in [6.07, 6.45) is 4.57. The van der Waals surface area contributed by atoms with Crippen LogP contribution in [-0.2, 0) is 11.3 Å². The zero-order valence-electron chi connectivity index (χ0n) is 15.8. The molecular formula is C20H25N5OS. The predicted octanol–water partition coefficient (Wildman–Crippen LogP) is 3.79. The number of nitriles is 1. The number of hydrogen-bond acceptors (Lipinski definition) is 5. The Kier molecular flexibility index (Phi) is 6.17. The number of aromatic nitrogens is 3. The Morgan fingerprint density at radius 3 is 2.63 bits per heavy atom. The Labute approximate surface area is 164 Å². The maximum atomic E-state index is 12.7. The molecule has 0 radical (unpaired) electrons. The lowest BCUT2D eigenvalue weighted by Crippen LogP contribution is -2.51. The number of carbonyl (C=O) groups excluding carboxylic acids is 1. The van der Waals surface area contributed by atoms with Gasteiger partial charge in [0.1, 0.15) is 5.54 Å². The van der Waals surface area contributed by atoms with Crippen molar-refractivity contribution in [2.75, 3.05) is 0 Å². The molecule has 1 saturated carbocycles.